The van der Waals surface area contributed by atoms with E-state index in [9.17, 15) is 0 Å². The van der Waals surface area contributed by atoms with Crippen molar-refractivity contribution in [3.63, 3.8) is 0 Å². The summed E-state index contributed by atoms with van der Waals surface area (Å²) in [6.07, 6.45) is 4.11. The van der Waals surface area contributed by atoms with Gasteiger partial charge in [0.15, 0.2) is 0 Å². The minimum absolute atomic E-state index is 0.883. The number of nitrogens with zero attached hydrogens (tertiary/aromatic N) is 1. The van der Waals surface area contributed by atoms with E-state index in [1.807, 2.05) is 24.3 Å². The second-order valence-electron chi connectivity index (χ2n) is 5.28. The summed E-state index contributed by atoms with van der Waals surface area (Å²) in [4.78, 5) is 2.34. The van der Waals surface area contributed by atoms with Crippen molar-refractivity contribution in [3.05, 3.63) is 65.9 Å². The predicted octanol–water partition coefficient (Wildman–Crippen LogP) is 5.45. The van der Waals surface area contributed by atoms with E-state index >= 15 is 0 Å². The smallest absolute Gasteiger partial charge is 0.134 e. The number of para-hydroxylation sites is 1. The number of rotatable bonds is 5. The highest BCUT2D eigenvalue weighted by Gasteiger charge is 2.01. The lowest BCUT2D eigenvalue weighted by atomic mass is 10.1. The molecule has 0 fully saturated rings. The van der Waals surface area contributed by atoms with Gasteiger partial charge in [-0.05, 0) is 49.8 Å². The summed E-state index contributed by atoms with van der Waals surface area (Å²) in [5.74, 6) is 0.883. The third-order valence-electron chi connectivity index (χ3n) is 3.91. The average molecular weight is 291 g/mol. The van der Waals surface area contributed by atoms with Gasteiger partial charge >= 0.3 is 0 Å². The molecule has 3 rings (SSSR count). The van der Waals surface area contributed by atoms with Gasteiger partial charge in [0.25, 0.3) is 0 Å². The van der Waals surface area contributed by atoms with Crippen molar-refractivity contribution < 1.29 is 4.42 Å². The summed E-state index contributed by atoms with van der Waals surface area (Å²) in [6.45, 7) is 6.42. The summed E-state index contributed by atoms with van der Waals surface area (Å²) in [5.41, 5.74) is 3.38. The lowest BCUT2D eigenvalue weighted by Gasteiger charge is -2.20. The Bertz CT molecular complexity index is 731. The SMILES string of the molecule is CCN(CC)c1ccc(/C=C/c2cc3ccccc3o2)cc1. The van der Waals surface area contributed by atoms with Crippen LogP contribution in [0.25, 0.3) is 23.1 Å². The highest BCUT2D eigenvalue weighted by atomic mass is 16.3. The second-order valence-corrected chi connectivity index (χ2v) is 5.28. The van der Waals surface area contributed by atoms with E-state index in [2.05, 4.69) is 61.2 Å². The molecule has 2 nitrogen and oxygen atoms in total. The Kier molecular flexibility index (Phi) is 4.29. The second kappa shape index (κ2) is 6.52. The van der Waals surface area contributed by atoms with Crippen LogP contribution in [-0.2, 0) is 0 Å². The molecule has 1 aromatic heterocycles. The van der Waals surface area contributed by atoms with E-state index in [1.54, 1.807) is 0 Å². The monoisotopic (exact) mass is 291 g/mol. The molecule has 0 amide bonds. The Labute approximate surface area is 131 Å². The van der Waals surface area contributed by atoms with Crippen LogP contribution in [0.4, 0.5) is 5.69 Å². The Morgan fingerprint density at radius 2 is 1.64 bits per heavy atom. The molecular weight excluding hydrogens is 270 g/mol. The van der Waals surface area contributed by atoms with Crippen LogP contribution < -0.4 is 4.90 Å². The Morgan fingerprint density at radius 1 is 0.909 bits per heavy atom. The molecule has 112 valence electrons. The molecule has 22 heavy (non-hydrogen) atoms. The van der Waals surface area contributed by atoms with Gasteiger partial charge in [-0.15, -0.1) is 0 Å². The maximum absolute atomic E-state index is 5.79. The van der Waals surface area contributed by atoms with Crippen LogP contribution >= 0.6 is 0 Å². The van der Waals surface area contributed by atoms with Crippen LogP contribution in [0, 0.1) is 0 Å². The number of anilines is 1. The normalized spacial score (nSPS) is 11.4. The van der Waals surface area contributed by atoms with Crippen LogP contribution in [0.3, 0.4) is 0 Å². The maximum atomic E-state index is 5.79. The first kappa shape index (κ1) is 14.5. The minimum atomic E-state index is 0.883. The fraction of sp³-hybridized carbons (Fsp3) is 0.200. The van der Waals surface area contributed by atoms with Gasteiger partial charge in [0.2, 0.25) is 0 Å². The van der Waals surface area contributed by atoms with Crippen molar-refractivity contribution in [2.24, 2.45) is 0 Å². The molecule has 2 aromatic carbocycles. The number of hydrogen-bond acceptors (Lipinski definition) is 2. The van der Waals surface area contributed by atoms with Crippen molar-refractivity contribution in [1.29, 1.82) is 0 Å². The zero-order valence-corrected chi connectivity index (χ0v) is 13.1. The fourth-order valence-corrected chi connectivity index (χ4v) is 2.65. The van der Waals surface area contributed by atoms with Gasteiger partial charge in [-0.25, -0.2) is 0 Å². The van der Waals surface area contributed by atoms with E-state index in [4.69, 9.17) is 4.42 Å². The third kappa shape index (κ3) is 3.06. The molecule has 0 aliphatic carbocycles. The highest BCUT2D eigenvalue weighted by molar-refractivity contribution is 5.81. The molecule has 0 saturated carbocycles. The van der Waals surface area contributed by atoms with Gasteiger partial charge < -0.3 is 9.32 Å². The first-order valence-corrected chi connectivity index (χ1v) is 7.82. The van der Waals surface area contributed by atoms with E-state index in [1.165, 1.54) is 11.3 Å². The van der Waals surface area contributed by atoms with Crippen LogP contribution in [-0.4, -0.2) is 13.1 Å². The van der Waals surface area contributed by atoms with Crippen molar-refractivity contribution in [3.8, 4) is 0 Å². The molecule has 0 saturated heterocycles. The number of benzene rings is 2. The molecule has 3 aromatic rings. The first-order valence-electron chi connectivity index (χ1n) is 7.82. The first-order chi connectivity index (χ1) is 10.8. The lowest BCUT2D eigenvalue weighted by Crippen LogP contribution is -2.21. The summed E-state index contributed by atoms with van der Waals surface area (Å²) < 4.78 is 5.79. The molecule has 0 bridgehead atoms. The standard InChI is InChI=1S/C20H21NO/c1-3-21(4-2)18-12-9-16(10-13-18)11-14-19-15-17-7-5-6-8-20(17)22-19/h5-15H,3-4H2,1-2H3/b14-11+. The van der Waals surface area contributed by atoms with Gasteiger partial charge in [-0.2, -0.15) is 0 Å². The molecule has 0 N–H and O–H groups in total. The van der Waals surface area contributed by atoms with Crippen molar-refractivity contribution in [2.75, 3.05) is 18.0 Å². The highest BCUT2D eigenvalue weighted by Crippen LogP contribution is 2.21. The van der Waals surface area contributed by atoms with E-state index < -0.39 is 0 Å². The number of fused-ring (bicyclic) bond motifs is 1. The Balaban J connectivity index is 1.77. The van der Waals surface area contributed by atoms with Gasteiger partial charge in [-0.3, -0.25) is 0 Å². The summed E-state index contributed by atoms with van der Waals surface area (Å²) in [6, 6.07) is 18.8. The molecule has 0 aliphatic rings. The van der Waals surface area contributed by atoms with E-state index in [0.29, 0.717) is 0 Å². The van der Waals surface area contributed by atoms with Crippen molar-refractivity contribution in [1.82, 2.24) is 0 Å². The predicted molar refractivity (Wildman–Crippen MR) is 95.1 cm³/mol. The molecule has 1 heterocycles. The molecular formula is C20H21NO. The Hall–Kier alpha value is -2.48. The van der Waals surface area contributed by atoms with E-state index in [0.717, 1.165) is 29.8 Å². The fourth-order valence-electron chi connectivity index (χ4n) is 2.65. The largest absolute Gasteiger partial charge is 0.457 e. The molecule has 0 unspecified atom stereocenters. The number of furan rings is 1. The van der Waals surface area contributed by atoms with Crippen molar-refractivity contribution in [2.45, 2.75) is 13.8 Å². The van der Waals surface area contributed by atoms with Crippen molar-refractivity contribution >= 4 is 28.8 Å². The summed E-state index contributed by atoms with van der Waals surface area (Å²) >= 11 is 0. The maximum Gasteiger partial charge on any atom is 0.134 e. The minimum Gasteiger partial charge on any atom is -0.457 e. The number of hydrogen-bond donors (Lipinski definition) is 0. The van der Waals surface area contributed by atoms with Crippen LogP contribution in [0.2, 0.25) is 0 Å². The van der Waals surface area contributed by atoms with Gasteiger partial charge in [-0.1, -0.05) is 36.4 Å². The van der Waals surface area contributed by atoms with Gasteiger partial charge in [0.1, 0.15) is 11.3 Å². The van der Waals surface area contributed by atoms with Crippen LogP contribution in [0.15, 0.2) is 59.0 Å². The van der Waals surface area contributed by atoms with Gasteiger partial charge in [0, 0.05) is 24.2 Å². The lowest BCUT2D eigenvalue weighted by molar-refractivity contribution is 0.604. The average Bonchev–Trinajstić information content (AvgIpc) is 2.98. The summed E-state index contributed by atoms with van der Waals surface area (Å²) in [7, 11) is 0. The Morgan fingerprint density at radius 3 is 2.32 bits per heavy atom. The zero-order chi connectivity index (χ0) is 15.4. The van der Waals surface area contributed by atoms with Crippen LogP contribution in [0.1, 0.15) is 25.2 Å². The van der Waals surface area contributed by atoms with Gasteiger partial charge in [0.05, 0.1) is 0 Å². The molecule has 0 aliphatic heterocycles. The quantitative estimate of drug-likeness (QED) is 0.621. The molecule has 2 heteroatoms. The topological polar surface area (TPSA) is 16.4 Å². The third-order valence-corrected chi connectivity index (χ3v) is 3.91. The van der Waals surface area contributed by atoms with E-state index in [-0.39, 0.29) is 0 Å². The summed E-state index contributed by atoms with van der Waals surface area (Å²) in [5, 5.41) is 1.14. The van der Waals surface area contributed by atoms with Crippen LogP contribution in [0.5, 0.6) is 0 Å². The zero-order valence-electron chi connectivity index (χ0n) is 13.1. The molecule has 0 spiro atoms. The molecule has 0 radical (unpaired) electrons. The molecule has 0 atom stereocenters.